The summed E-state index contributed by atoms with van der Waals surface area (Å²) in [6, 6.07) is 26.0. The van der Waals surface area contributed by atoms with Gasteiger partial charge in [-0.25, -0.2) is 0 Å². The molecule has 0 saturated heterocycles. The monoisotopic (exact) mass is 502 g/mol. The van der Waals surface area contributed by atoms with Gasteiger partial charge in [0.15, 0.2) is 0 Å². The zero-order chi connectivity index (χ0) is 25.9. The van der Waals surface area contributed by atoms with Crippen LogP contribution in [0.4, 0.5) is 0 Å². The van der Waals surface area contributed by atoms with Crippen LogP contribution in [0.2, 0.25) is 0 Å². The molecule has 0 aliphatic heterocycles. The Balaban J connectivity index is 1.84. The second-order valence-corrected chi connectivity index (χ2v) is 10.6. The van der Waals surface area contributed by atoms with Gasteiger partial charge in [-0.2, -0.15) is 0 Å². The Morgan fingerprint density at radius 2 is 1.47 bits per heavy atom. The lowest BCUT2D eigenvalue weighted by molar-refractivity contribution is -0.141. The molecule has 0 spiro atoms. The molecule has 2 atom stereocenters. The van der Waals surface area contributed by atoms with E-state index in [1.54, 1.807) is 16.7 Å². The Morgan fingerprint density at radius 1 is 0.861 bits per heavy atom. The highest BCUT2D eigenvalue weighted by Crippen LogP contribution is 2.21. The van der Waals surface area contributed by atoms with Gasteiger partial charge in [-0.15, -0.1) is 11.8 Å². The molecule has 0 unspecified atom stereocenters. The maximum atomic E-state index is 13.7. The van der Waals surface area contributed by atoms with Crippen molar-refractivity contribution in [2.24, 2.45) is 0 Å². The van der Waals surface area contributed by atoms with Gasteiger partial charge in [0.1, 0.15) is 6.04 Å². The molecular weight excluding hydrogens is 464 g/mol. The van der Waals surface area contributed by atoms with Gasteiger partial charge in [-0.3, -0.25) is 9.59 Å². The van der Waals surface area contributed by atoms with E-state index < -0.39 is 6.04 Å². The van der Waals surface area contributed by atoms with E-state index in [0.717, 1.165) is 22.4 Å². The van der Waals surface area contributed by atoms with E-state index in [4.69, 9.17) is 0 Å². The highest BCUT2D eigenvalue weighted by molar-refractivity contribution is 7.99. The first kappa shape index (κ1) is 27.5. The highest BCUT2D eigenvalue weighted by atomic mass is 32.2. The van der Waals surface area contributed by atoms with Gasteiger partial charge in [0.2, 0.25) is 11.8 Å². The molecule has 0 aliphatic carbocycles. The van der Waals surface area contributed by atoms with Crippen LogP contribution < -0.4 is 5.32 Å². The third-order valence-electron chi connectivity index (χ3n) is 6.35. The minimum atomic E-state index is -0.584. The molecule has 0 aromatic heterocycles. The Bertz CT molecular complexity index is 1100. The van der Waals surface area contributed by atoms with Crippen molar-refractivity contribution in [3.63, 3.8) is 0 Å². The topological polar surface area (TPSA) is 49.4 Å². The van der Waals surface area contributed by atoms with Gasteiger partial charge in [0, 0.05) is 36.1 Å². The summed E-state index contributed by atoms with van der Waals surface area (Å²) >= 11 is 1.67. The van der Waals surface area contributed by atoms with E-state index in [9.17, 15) is 9.59 Å². The van der Waals surface area contributed by atoms with Gasteiger partial charge in [-0.05, 0) is 50.5 Å². The summed E-state index contributed by atoms with van der Waals surface area (Å²) in [6.07, 6.45) is 1.68. The highest BCUT2D eigenvalue weighted by Gasteiger charge is 2.30. The normalized spacial score (nSPS) is 12.6. The molecule has 3 aromatic rings. The number of carbonyl (C=O) groups excluding carboxylic acids is 2. The lowest BCUT2D eigenvalue weighted by atomic mass is 10.0. The van der Waals surface area contributed by atoms with Gasteiger partial charge in [0.25, 0.3) is 0 Å². The molecule has 36 heavy (non-hydrogen) atoms. The zero-order valence-electron chi connectivity index (χ0n) is 21.9. The van der Waals surface area contributed by atoms with E-state index >= 15 is 0 Å². The number of hydrogen-bond donors (Lipinski definition) is 1. The van der Waals surface area contributed by atoms with Crippen LogP contribution in [0.5, 0.6) is 0 Å². The molecule has 190 valence electrons. The second-order valence-electron chi connectivity index (χ2n) is 9.44. The Hall–Kier alpha value is -3.05. The number of rotatable bonds is 12. The van der Waals surface area contributed by atoms with Crippen LogP contribution in [-0.4, -0.2) is 34.6 Å². The van der Waals surface area contributed by atoms with Crippen LogP contribution in [0, 0.1) is 13.8 Å². The zero-order valence-corrected chi connectivity index (χ0v) is 22.7. The summed E-state index contributed by atoms with van der Waals surface area (Å²) in [5.41, 5.74) is 4.45. The number of hydrogen-bond acceptors (Lipinski definition) is 3. The summed E-state index contributed by atoms with van der Waals surface area (Å²) in [7, 11) is 0. The van der Waals surface area contributed by atoms with Crippen molar-refractivity contribution in [3.8, 4) is 0 Å². The van der Waals surface area contributed by atoms with Crippen molar-refractivity contribution in [2.75, 3.05) is 5.75 Å². The van der Waals surface area contributed by atoms with Crippen molar-refractivity contribution in [2.45, 2.75) is 70.5 Å². The van der Waals surface area contributed by atoms with Gasteiger partial charge in [-0.1, -0.05) is 84.8 Å². The number of aryl methyl sites for hydroxylation is 2. The average molecular weight is 503 g/mol. The Morgan fingerprint density at radius 3 is 2.08 bits per heavy atom. The SMILES string of the molecule is CC[C@@H](C)NC(=O)[C@H](Cc1ccccc1)N(Cc1ccc(C)cc1)C(=O)CCSc1ccc(C)cc1. The summed E-state index contributed by atoms with van der Waals surface area (Å²) in [6.45, 7) is 8.57. The number of nitrogens with one attached hydrogen (secondary N) is 1. The second kappa shape index (κ2) is 13.9. The molecule has 2 amide bonds. The molecule has 1 N–H and O–H groups in total. The smallest absolute Gasteiger partial charge is 0.243 e. The predicted octanol–water partition coefficient (Wildman–Crippen LogP) is 6.34. The number of benzene rings is 3. The number of amides is 2. The van der Waals surface area contributed by atoms with Crippen LogP contribution in [-0.2, 0) is 22.6 Å². The van der Waals surface area contributed by atoms with Gasteiger partial charge >= 0.3 is 0 Å². The summed E-state index contributed by atoms with van der Waals surface area (Å²) in [4.78, 5) is 30.1. The van der Waals surface area contributed by atoms with E-state index in [2.05, 4.69) is 55.6 Å². The first-order valence-corrected chi connectivity index (χ1v) is 13.7. The number of nitrogens with zero attached hydrogens (tertiary/aromatic N) is 1. The molecule has 3 aromatic carbocycles. The molecule has 0 saturated carbocycles. The van der Waals surface area contributed by atoms with Crippen molar-refractivity contribution in [3.05, 3.63) is 101 Å². The number of thioether (sulfide) groups is 1. The Labute approximate surface area is 220 Å². The lowest BCUT2D eigenvalue weighted by Gasteiger charge is -2.32. The van der Waals surface area contributed by atoms with Crippen LogP contribution >= 0.6 is 11.8 Å². The van der Waals surface area contributed by atoms with E-state index in [0.29, 0.717) is 25.1 Å². The van der Waals surface area contributed by atoms with Crippen LogP contribution in [0.3, 0.4) is 0 Å². The van der Waals surface area contributed by atoms with E-state index in [1.165, 1.54) is 11.1 Å². The van der Waals surface area contributed by atoms with Crippen LogP contribution in [0.25, 0.3) is 0 Å². The molecule has 4 nitrogen and oxygen atoms in total. The van der Waals surface area contributed by atoms with E-state index in [1.807, 2.05) is 56.3 Å². The van der Waals surface area contributed by atoms with E-state index in [-0.39, 0.29) is 17.9 Å². The molecule has 0 aliphatic rings. The van der Waals surface area contributed by atoms with Crippen molar-refractivity contribution >= 4 is 23.6 Å². The lowest BCUT2D eigenvalue weighted by Crippen LogP contribution is -2.52. The standard InChI is InChI=1S/C31H38N2O2S/c1-5-25(4)32-31(35)29(21-26-9-7-6-8-10-26)33(22-27-15-11-23(2)12-16-27)30(34)19-20-36-28-17-13-24(3)14-18-28/h6-18,25,29H,5,19-22H2,1-4H3,(H,32,35)/t25-,29+/m1/s1. The quantitative estimate of drug-likeness (QED) is 0.294. The summed E-state index contributed by atoms with van der Waals surface area (Å²) in [5, 5.41) is 3.13. The molecule has 3 rings (SSSR count). The maximum Gasteiger partial charge on any atom is 0.243 e. The van der Waals surface area contributed by atoms with Gasteiger partial charge in [0.05, 0.1) is 0 Å². The maximum absolute atomic E-state index is 13.7. The fourth-order valence-electron chi connectivity index (χ4n) is 3.92. The van der Waals surface area contributed by atoms with Crippen molar-refractivity contribution in [1.82, 2.24) is 10.2 Å². The molecule has 0 heterocycles. The van der Waals surface area contributed by atoms with Crippen LogP contribution in [0.1, 0.15) is 48.9 Å². The minimum Gasteiger partial charge on any atom is -0.352 e. The van der Waals surface area contributed by atoms with Crippen LogP contribution in [0.15, 0.2) is 83.8 Å². The number of carbonyl (C=O) groups is 2. The van der Waals surface area contributed by atoms with Crippen molar-refractivity contribution in [1.29, 1.82) is 0 Å². The predicted molar refractivity (Wildman–Crippen MR) is 150 cm³/mol. The largest absolute Gasteiger partial charge is 0.352 e. The summed E-state index contributed by atoms with van der Waals surface area (Å²) < 4.78 is 0. The fraction of sp³-hybridized carbons (Fsp3) is 0.355. The first-order valence-electron chi connectivity index (χ1n) is 12.7. The minimum absolute atomic E-state index is 0.00424. The first-order chi connectivity index (χ1) is 17.4. The fourth-order valence-corrected chi connectivity index (χ4v) is 4.76. The van der Waals surface area contributed by atoms with Crippen molar-refractivity contribution < 1.29 is 9.59 Å². The molecular formula is C31H38N2O2S. The average Bonchev–Trinajstić information content (AvgIpc) is 2.88. The molecule has 5 heteroatoms. The van der Waals surface area contributed by atoms with Gasteiger partial charge < -0.3 is 10.2 Å². The molecule has 0 bridgehead atoms. The third-order valence-corrected chi connectivity index (χ3v) is 7.37. The Kier molecular flexibility index (Phi) is 10.6. The molecule has 0 radical (unpaired) electrons. The third kappa shape index (κ3) is 8.56. The molecule has 0 fully saturated rings. The summed E-state index contributed by atoms with van der Waals surface area (Å²) in [5.74, 6) is 0.562.